The summed E-state index contributed by atoms with van der Waals surface area (Å²) in [6.45, 7) is 0.0266. The number of rotatable bonds is 4. The van der Waals surface area contributed by atoms with Crippen LogP contribution < -0.4 is 4.74 Å². The maximum atomic E-state index is 8.47. The Morgan fingerprint density at radius 2 is 2.00 bits per heavy atom. The van der Waals surface area contributed by atoms with E-state index in [1.165, 1.54) is 0 Å². The number of fused-ring (bicyclic) bond motifs is 1. The molecule has 0 aliphatic carbocycles. The molecule has 2 aromatic carbocycles. The summed E-state index contributed by atoms with van der Waals surface area (Å²) in [5, 5.41) is 8.89. The lowest BCUT2D eigenvalue weighted by molar-refractivity contribution is 0.368. The van der Waals surface area contributed by atoms with Crippen LogP contribution in [0.15, 0.2) is 52.9 Å². The molecule has 0 N–H and O–H groups in total. The number of oxazole rings is 1. The van der Waals surface area contributed by atoms with Crippen LogP contribution in [0.5, 0.6) is 5.75 Å². The molecule has 5 heteroatoms. The normalized spacial score (nSPS) is 11.4. The van der Waals surface area contributed by atoms with E-state index in [9.17, 15) is 0 Å². The van der Waals surface area contributed by atoms with Crippen molar-refractivity contribution in [3.8, 4) is 11.8 Å². The van der Waals surface area contributed by atoms with Gasteiger partial charge in [0.05, 0.1) is 0 Å². The van der Waals surface area contributed by atoms with Crippen molar-refractivity contribution in [3.05, 3.63) is 60.0 Å². The summed E-state index contributed by atoms with van der Waals surface area (Å²) in [4.78, 5) is 4.34. The first-order valence-corrected chi connectivity index (χ1v) is 6.97. The van der Waals surface area contributed by atoms with Crippen LogP contribution in [-0.2, 0) is 0 Å². The monoisotopic (exact) mass is 310 g/mol. The van der Waals surface area contributed by atoms with Crippen molar-refractivity contribution in [1.29, 1.82) is 5.26 Å². The fourth-order valence-corrected chi connectivity index (χ4v) is 2.17. The van der Waals surface area contributed by atoms with E-state index in [1.807, 2.05) is 42.5 Å². The largest absolute Gasteiger partial charge is 0.479 e. The fraction of sp³-hybridized carbons (Fsp3) is 0.0588. The van der Waals surface area contributed by atoms with Gasteiger partial charge in [0.25, 0.3) is 0 Å². The molecular formula is C17H11ClN2O2. The number of hydrogen-bond acceptors (Lipinski definition) is 4. The average molecular weight is 311 g/mol. The van der Waals surface area contributed by atoms with Crippen LogP contribution in [0, 0.1) is 11.3 Å². The molecule has 0 unspecified atom stereocenters. The van der Waals surface area contributed by atoms with Crippen LogP contribution in [0.25, 0.3) is 22.2 Å². The van der Waals surface area contributed by atoms with Gasteiger partial charge < -0.3 is 9.15 Å². The van der Waals surface area contributed by atoms with E-state index in [0.29, 0.717) is 22.3 Å². The maximum Gasteiger partial charge on any atom is 0.238 e. The number of benzene rings is 2. The summed E-state index contributed by atoms with van der Waals surface area (Å²) in [5.41, 5.74) is 2.35. The van der Waals surface area contributed by atoms with Crippen LogP contribution >= 0.6 is 11.6 Å². The predicted octanol–water partition coefficient (Wildman–Crippen LogP) is 4.47. The number of hydrogen-bond donors (Lipinski definition) is 0. The zero-order chi connectivity index (χ0) is 15.4. The molecule has 0 amide bonds. The van der Waals surface area contributed by atoms with E-state index >= 15 is 0 Å². The highest BCUT2D eigenvalue weighted by Crippen LogP contribution is 2.26. The highest BCUT2D eigenvalue weighted by molar-refractivity contribution is 6.50. The van der Waals surface area contributed by atoms with Crippen LogP contribution in [0.4, 0.5) is 0 Å². The number of ether oxygens (including phenoxy) is 1. The summed E-state index contributed by atoms with van der Waals surface area (Å²) in [6.07, 6.45) is 1.76. The summed E-state index contributed by atoms with van der Waals surface area (Å²) in [7, 11) is 0. The predicted molar refractivity (Wildman–Crippen MR) is 85.3 cm³/mol. The van der Waals surface area contributed by atoms with Crippen molar-refractivity contribution >= 4 is 33.8 Å². The summed E-state index contributed by atoms with van der Waals surface area (Å²) in [5.74, 6) is 1.02. The third-order valence-electron chi connectivity index (χ3n) is 2.98. The Morgan fingerprint density at radius 1 is 1.23 bits per heavy atom. The molecule has 0 saturated heterocycles. The second-order valence-electron chi connectivity index (χ2n) is 4.49. The minimum absolute atomic E-state index is 0.0266. The quantitative estimate of drug-likeness (QED) is 0.713. The Morgan fingerprint density at radius 3 is 2.73 bits per heavy atom. The average Bonchev–Trinajstić information content (AvgIpc) is 2.98. The highest BCUT2D eigenvalue weighted by Gasteiger charge is 2.08. The van der Waals surface area contributed by atoms with Crippen molar-refractivity contribution in [2.75, 3.05) is 6.61 Å². The van der Waals surface area contributed by atoms with E-state index in [4.69, 9.17) is 26.0 Å². The van der Waals surface area contributed by atoms with Gasteiger partial charge in [0.1, 0.15) is 22.4 Å². The van der Waals surface area contributed by atoms with Gasteiger partial charge in [-0.05, 0) is 35.9 Å². The van der Waals surface area contributed by atoms with E-state index < -0.39 is 0 Å². The topological polar surface area (TPSA) is 59.0 Å². The minimum Gasteiger partial charge on any atom is -0.479 e. The molecule has 0 fully saturated rings. The second kappa shape index (κ2) is 6.33. The molecule has 3 rings (SSSR count). The zero-order valence-corrected chi connectivity index (χ0v) is 12.2. The Balaban J connectivity index is 1.83. The molecular weight excluding hydrogens is 300 g/mol. The number of para-hydroxylation sites is 2. The molecule has 0 atom stereocenters. The van der Waals surface area contributed by atoms with Gasteiger partial charge in [-0.25, -0.2) is 4.98 Å². The molecule has 0 saturated carbocycles. The SMILES string of the molecule is N#CCOc1ccc(/C=C(\Cl)c2nc3ccccc3o2)cc1. The van der Waals surface area contributed by atoms with Gasteiger partial charge in [-0.2, -0.15) is 5.26 Å². The number of aromatic nitrogens is 1. The van der Waals surface area contributed by atoms with Crippen LogP contribution in [-0.4, -0.2) is 11.6 Å². The second-order valence-corrected chi connectivity index (χ2v) is 4.90. The standard InChI is InChI=1S/C17H11ClN2O2/c18-14(17-20-15-3-1-2-4-16(15)22-17)11-12-5-7-13(8-6-12)21-10-9-19/h1-8,11H,10H2/b14-11-. The van der Waals surface area contributed by atoms with Crippen molar-refractivity contribution in [2.45, 2.75) is 0 Å². The lowest BCUT2D eigenvalue weighted by Gasteiger charge is -2.01. The molecule has 0 spiro atoms. The number of nitriles is 1. The smallest absolute Gasteiger partial charge is 0.238 e. The van der Waals surface area contributed by atoms with Gasteiger partial charge in [-0.1, -0.05) is 35.9 Å². The Bertz CT molecular complexity index is 827. The molecule has 22 heavy (non-hydrogen) atoms. The van der Waals surface area contributed by atoms with Crippen molar-refractivity contribution in [1.82, 2.24) is 4.98 Å². The van der Waals surface area contributed by atoms with Gasteiger partial charge in [-0.3, -0.25) is 0 Å². The molecule has 4 nitrogen and oxygen atoms in total. The van der Waals surface area contributed by atoms with E-state index in [0.717, 1.165) is 11.1 Å². The summed E-state index contributed by atoms with van der Waals surface area (Å²) >= 11 is 6.27. The first-order chi connectivity index (χ1) is 10.8. The number of halogens is 1. The third kappa shape index (κ3) is 3.11. The molecule has 3 aromatic rings. The van der Waals surface area contributed by atoms with Gasteiger partial charge in [0, 0.05) is 0 Å². The van der Waals surface area contributed by atoms with E-state index in [-0.39, 0.29) is 6.61 Å². The number of nitrogens with zero attached hydrogens (tertiary/aromatic N) is 2. The molecule has 0 radical (unpaired) electrons. The zero-order valence-electron chi connectivity index (χ0n) is 11.5. The summed E-state index contributed by atoms with van der Waals surface area (Å²) in [6, 6.07) is 16.7. The maximum absolute atomic E-state index is 8.47. The first kappa shape index (κ1) is 14.2. The lowest BCUT2D eigenvalue weighted by atomic mass is 10.2. The Hall–Kier alpha value is -2.77. The van der Waals surface area contributed by atoms with Crippen molar-refractivity contribution in [3.63, 3.8) is 0 Å². The molecule has 0 aliphatic rings. The lowest BCUT2D eigenvalue weighted by Crippen LogP contribution is -1.92. The van der Waals surface area contributed by atoms with Crippen molar-refractivity contribution in [2.24, 2.45) is 0 Å². The molecule has 0 bridgehead atoms. The molecule has 108 valence electrons. The highest BCUT2D eigenvalue weighted by atomic mass is 35.5. The van der Waals surface area contributed by atoms with Crippen LogP contribution in [0.1, 0.15) is 11.5 Å². The third-order valence-corrected chi connectivity index (χ3v) is 3.25. The first-order valence-electron chi connectivity index (χ1n) is 6.59. The van der Waals surface area contributed by atoms with Gasteiger partial charge in [-0.15, -0.1) is 0 Å². The minimum atomic E-state index is 0.0266. The van der Waals surface area contributed by atoms with Crippen molar-refractivity contribution < 1.29 is 9.15 Å². The molecule has 0 aliphatic heterocycles. The molecule has 1 aromatic heterocycles. The van der Waals surface area contributed by atoms with Crippen LogP contribution in [0.3, 0.4) is 0 Å². The Labute approximate surface area is 132 Å². The Kier molecular flexibility index (Phi) is 4.08. The molecule has 1 heterocycles. The summed E-state index contributed by atoms with van der Waals surface area (Å²) < 4.78 is 10.8. The van der Waals surface area contributed by atoms with Gasteiger partial charge in [0.2, 0.25) is 5.89 Å². The van der Waals surface area contributed by atoms with Gasteiger partial charge >= 0.3 is 0 Å². The fourth-order valence-electron chi connectivity index (χ4n) is 1.96. The van der Waals surface area contributed by atoms with Crippen LogP contribution in [0.2, 0.25) is 0 Å². The van der Waals surface area contributed by atoms with Gasteiger partial charge in [0.15, 0.2) is 12.2 Å². The van der Waals surface area contributed by atoms with E-state index in [1.54, 1.807) is 18.2 Å². The van der Waals surface area contributed by atoms with E-state index in [2.05, 4.69) is 4.98 Å².